The summed E-state index contributed by atoms with van der Waals surface area (Å²) < 4.78 is 23.0. The highest BCUT2D eigenvalue weighted by Gasteiger charge is 2.13. The number of rotatable bonds is 7. The number of aliphatic imine (C=N–C) groups is 1. The van der Waals surface area contributed by atoms with E-state index < -0.39 is 5.97 Å². The Hall–Kier alpha value is -3.09. The van der Waals surface area contributed by atoms with Crippen LogP contribution < -0.4 is 15.4 Å². The number of halogens is 1. The molecule has 0 bridgehead atoms. The summed E-state index contributed by atoms with van der Waals surface area (Å²) in [5.74, 6) is 0.354. The van der Waals surface area contributed by atoms with Gasteiger partial charge >= 0.3 is 5.97 Å². The number of methoxy groups -OCH3 is 2. The molecule has 6 nitrogen and oxygen atoms in total. The summed E-state index contributed by atoms with van der Waals surface area (Å²) in [6.45, 7) is 3.55. The Morgan fingerprint density at radius 2 is 1.78 bits per heavy atom. The molecule has 0 aliphatic rings. The Labute approximate surface area is 158 Å². The van der Waals surface area contributed by atoms with Crippen LogP contribution in [0, 0.1) is 5.82 Å². The van der Waals surface area contributed by atoms with Crippen molar-refractivity contribution < 1.29 is 18.7 Å². The van der Waals surface area contributed by atoms with Gasteiger partial charge in [-0.2, -0.15) is 0 Å². The first kappa shape index (κ1) is 20.2. The maximum absolute atomic E-state index is 13.0. The van der Waals surface area contributed by atoms with Crippen molar-refractivity contribution in [2.45, 2.75) is 20.0 Å². The van der Waals surface area contributed by atoms with Gasteiger partial charge in [0.25, 0.3) is 0 Å². The highest BCUT2D eigenvalue weighted by molar-refractivity contribution is 5.92. The molecule has 0 heterocycles. The van der Waals surface area contributed by atoms with E-state index in [-0.39, 0.29) is 5.82 Å². The summed E-state index contributed by atoms with van der Waals surface area (Å²) in [5.41, 5.74) is 2.14. The third kappa shape index (κ3) is 5.99. The van der Waals surface area contributed by atoms with Gasteiger partial charge in [-0.15, -0.1) is 0 Å². The van der Waals surface area contributed by atoms with Crippen LogP contribution in [0.15, 0.2) is 47.5 Å². The number of hydrogen-bond acceptors (Lipinski definition) is 4. The predicted octanol–water partition coefficient (Wildman–Crippen LogP) is 2.88. The van der Waals surface area contributed by atoms with Gasteiger partial charge in [-0.3, -0.25) is 0 Å². The average Bonchev–Trinajstić information content (AvgIpc) is 2.70. The first-order valence-electron chi connectivity index (χ1n) is 8.59. The van der Waals surface area contributed by atoms with Gasteiger partial charge in [0.15, 0.2) is 5.96 Å². The van der Waals surface area contributed by atoms with Crippen molar-refractivity contribution in [3.63, 3.8) is 0 Å². The minimum atomic E-state index is -0.459. The molecule has 0 amide bonds. The largest absolute Gasteiger partial charge is 0.496 e. The fourth-order valence-corrected chi connectivity index (χ4v) is 2.42. The van der Waals surface area contributed by atoms with Crippen LogP contribution in [0.25, 0.3) is 0 Å². The molecule has 0 radical (unpaired) electrons. The predicted molar refractivity (Wildman–Crippen MR) is 102 cm³/mol. The van der Waals surface area contributed by atoms with E-state index in [1.54, 1.807) is 24.3 Å². The van der Waals surface area contributed by atoms with E-state index in [1.807, 2.05) is 13.0 Å². The third-order valence-corrected chi connectivity index (χ3v) is 3.81. The lowest BCUT2D eigenvalue weighted by Gasteiger charge is -2.12. The number of carbonyl (C=O) groups is 1. The SMILES string of the molecule is CCNC(=NCc1ccc(OC)c(C(=O)OC)c1)NCc1ccc(F)cc1. The van der Waals surface area contributed by atoms with Crippen LogP contribution in [0.2, 0.25) is 0 Å². The lowest BCUT2D eigenvalue weighted by atomic mass is 10.1. The average molecular weight is 373 g/mol. The van der Waals surface area contributed by atoms with Crippen LogP contribution in [-0.4, -0.2) is 32.7 Å². The normalized spacial score (nSPS) is 11.0. The first-order chi connectivity index (χ1) is 13.1. The summed E-state index contributed by atoms with van der Waals surface area (Å²) in [6.07, 6.45) is 0. The molecule has 2 aromatic carbocycles. The minimum absolute atomic E-state index is 0.264. The molecule has 2 rings (SSSR count). The van der Waals surface area contributed by atoms with Gasteiger partial charge < -0.3 is 20.1 Å². The van der Waals surface area contributed by atoms with E-state index in [0.29, 0.717) is 36.9 Å². The van der Waals surface area contributed by atoms with Crippen molar-refractivity contribution in [3.05, 3.63) is 65.0 Å². The monoisotopic (exact) mass is 373 g/mol. The smallest absolute Gasteiger partial charge is 0.341 e. The highest BCUT2D eigenvalue weighted by atomic mass is 19.1. The van der Waals surface area contributed by atoms with Crippen molar-refractivity contribution >= 4 is 11.9 Å². The van der Waals surface area contributed by atoms with Crippen molar-refractivity contribution in [3.8, 4) is 5.75 Å². The van der Waals surface area contributed by atoms with Crippen LogP contribution in [0.4, 0.5) is 4.39 Å². The highest BCUT2D eigenvalue weighted by Crippen LogP contribution is 2.21. The molecule has 0 saturated heterocycles. The van der Waals surface area contributed by atoms with Gasteiger partial charge in [0.2, 0.25) is 0 Å². The van der Waals surface area contributed by atoms with E-state index in [1.165, 1.54) is 26.4 Å². The van der Waals surface area contributed by atoms with Crippen LogP contribution >= 0.6 is 0 Å². The molecule has 0 atom stereocenters. The molecule has 0 aliphatic heterocycles. The number of nitrogens with zero attached hydrogens (tertiary/aromatic N) is 1. The second kappa shape index (κ2) is 10.2. The van der Waals surface area contributed by atoms with E-state index in [2.05, 4.69) is 15.6 Å². The Balaban J connectivity index is 2.09. The van der Waals surface area contributed by atoms with Gasteiger partial charge in [-0.25, -0.2) is 14.2 Å². The van der Waals surface area contributed by atoms with E-state index >= 15 is 0 Å². The standard InChI is InChI=1S/C20H24FN3O3/c1-4-22-20(23-12-14-5-8-16(21)9-6-14)24-13-15-7-10-18(26-2)17(11-15)19(25)27-3/h5-11H,4,12-13H2,1-3H3,(H2,22,23,24). The molecule has 27 heavy (non-hydrogen) atoms. The van der Waals surface area contributed by atoms with Crippen molar-refractivity contribution in [2.75, 3.05) is 20.8 Å². The molecular weight excluding hydrogens is 349 g/mol. The Bertz CT molecular complexity index is 792. The maximum atomic E-state index is 13.0. The topological polar surface area (TPSA) is 72.0 Å². The van der Waals surface area contributed by atoms with Gasteiger partial charge in [-0.05, 0) is 42.3 Å². The molecule has 0 saturated carbocycles. The third-order valence-electron chi connectivity index (χ3n) is 3.81. The van der Waals surface area contributed by atoms with Gasteiger partial charge in [0, 0.05) is 13.1 Å². The zero-order valence-electron chi connectivity index (χ0n) is 15.7. The number of hydrogen-bond donors (Lipinski definition) is 2. The molecule has 7 heteroatoms. The van der Waals surface area contributed by atoms with Gasteiger partial charge in [-0.1, -0.05) is 18.2 Å². The summed E-state index contributed by atoms with van der Waals surface area (Å²) in [6, 6.07) is 11.6. The molecule has 144 valence electrons. The van der Waals surface area contributed by atoms with Gasteiger partial charge in [0.1, 0.15) is 17.1 Å². The van der Waals surface area contributed by atoms with Crippen LogP contribution in [0.3, 0.4) is 0 Å². The van der Waals surface area contributed by atoms with Crippen molar-refractivity contribution in [2.24, 2.45) is 4.99 Å². The molecule has 2 N–H and O–H groups in total. The number of esters is 1. The first-order valence-corrected chi connectivity index (χ1v) is 8.59. The lowest BCUT2D eigenvalue weighted by molar-refractivity contribution is 0.0597. The number of nitrogens with one attached hydrogen (secondary N) is 2. The van der Waals surface area contributed by atoms with E-state index in [4.69, 9.17) is 9.47 Å². The second-order valence-electron chi connectivity index (χ2n) is 5.70. The van der Waals surface area contributed by atoms with Crippen LogP contribution in [0.5, 0.6) is 5.75 Å². The molecule has 0 spiro atoms. The molecule has 0 unspecified atom stereocenters. The Morgan fingerprint density at radius 3 is 2.41 bits per heavy atom. The molecular formula is C20H24FN3O3. The second-order valence-corrected chi connectivity index (χ2v) is 5.70. The number of ether oxygens (including phenoxy) is 2. The zero-order valence-corrected chi connectivity index (χ0v) is 15.7. The molecule has 2 aromatic rings. The summed E-state index contributed by atoms with van der Waals surface area (Å²) in [7, 11) is 2.83. The van der Waals surface area contributed by atoms with Crippen LogP contribution in [-0.2, 0) is 17.8 Å². The molecule has 0 aliphatic carbocycles. The van der Waals surface area contributed by atoms with E-state index in [9.17, 15) is 9.18 Å². The summed E-state index contributed by atoms with van der Waals surface area (Å²) >= 11 is 0. The Morgan fingerprint density at radius 1 is 1.07 bits per heavy atom. The van der Waals surface area contributed by atoms with Gasteiger partial charge in [0.05, 0.1) is 20.8 Å². The maximum Gasteiger partial charge on any atom is 0.341 e. The molecule has 0 aromatic heterocycles. The minimum Gasteiger partial charge on any atom is -0.496 e. The molecule has 0 fully saturated rings. The number of guanidine groups is 1. The van der Waals surface area contributed by atoms with Crippen LogP contribution in [0.1, 0.15) is 28.4 Å². The fourth-order valence-electron chi connectivity index (χ4n) is 2.42. The Kier molecular flexibility index (Phi) is 7.61. The van der Waals surface area contributed by atoms with Crippen molar-refractivity contribution in [1.29, 1.82) is 0 Å². The van der Waals surface area contributed by atoms with E-state index in [0.717, 1.165) is 11.1 Å². The van der Waals surface area contributed by atoms with Crippen molar-refractivity contribution in [1.82, 2.24) is 10.6 Å². The number of benzene rings is 2. The fraction of sp³-hybridized carbons (Fsp3) is 0.300. The summed E-state index contributed by atoms with van der Waals surface area (Å²) in [4.78, 5) is 16.4. The number of carbonyl (C=O) groups excluding carboxylic acids is 1. The zero-order chi connectivity index (χ0) is 19.6. The quantitative estimate of drug-likeness (QED) is 0.444. The lowest BCUT2D eigenvalue weighted by Crippen LogP contribution is -2.36. The summed E-state index contributed by atoms with van der Waals surface area (Å²) in [5, 5.41) is 6.35.